The number of nitrogens with zero attached hydrogens (tertiary/aromatic N) is 1. The summed E-state index contributed by atoms with van der Waals surface area (Å²) in [6, 6.07) is 11.6. The zero-order valence-corrected chi connectivity index (χ0v) is 13.5. The van der Waals surface area contributed by atoms with Crippen LogP contribution in [0, 0.1) is 11.3 Å². The van der Waals surface area contributed by atoms with Crippen molar-refractivity contribution in [3.8, 4) is 11.8 Å². The highest BCUT2D eigenvalue weighted by Gasteiger charge is 2.30. The molecule has 0 saturated carbocycles. The van der Waals surface area contributed by atoms with Crippen LogP contribution in [0.5, 0.6) is 5.75 Å². The molecule has 0 unspecified atom stereocenters. The highest BCUT2D eigenvalue weighted by molar-refractivity contribution is 6.11. The van der Waals surface area contributed by atoms with E-state index in [1.165, 1.54) is 25.3 Å². The van der Waals surface area contributed by atoms with Crippen molar-refractivity contribution < 1.29 is 27.8 Å². The van der Waals surface area contributed by atoms with Crippen LogP contribution in [-0.4, -0.2) is 18.1 Å². The van der Waals surface area contributed by atoms with Crippen molar-refractivity contribution in [2.24, 2.45) is 0 Å². The van der Waals surface area contributed by atoms with Gasteiger partial charge in [-0.25, -0.2) is 0 Å². The number of alkyl halides is 3. The van der Waals surface area contributed by atoms with Crippen LogP contribution < -0.4 is 10.1 Å². The van der Waals surface area contributed by atoms with Crippen LogP contribution in [0.3, 0.4) is 0 Å². The third kappa shape index (κ3) is 4.13. The molecule has 0 aromatic heterocycles. The predicted octanol–water partition coefficient (Wildman–Crippen LogP) is 4.15. The van der Waals surface area contributed by atoms with Crippen LogP contribution in [0.25, 0.3) is 5.76 Å². The van der Waals surface area contributed by atoms with Crippen molar-refractivity contribution >= 4 is 17.4 Å². The molecule has 5 nitrogen and oxygen atoms in total. The van der Waals surface area contributed by atoms with Gasteiger partial charge in [-0.2, -0.15) is 18.4 Å². The lowest BCUT2D eigenvalue weighted by molar-refractivity contribution is -0.137. The van der Waals surface area contributed by atoms with Gasteiger partial charge in [0.15, 0.2) is 5.57 Å². The second kappa shape index (κ2) is 7.61. The second-order valence-electron chi connectivity index (χ2n) is 5.07. The van der Waals surface area contributed by atoms with E-state index in [0.717, 1.165) is 18.2 Å². The first-order valence-corrected chi connectivity index (χ1v) is 7.23. The highest BCUT2D eigenvalue weighted by atomic mass is 19.4. The number of hydrogen-bond donors (Lipinski definition) is 2. The summed E-state index contributed by atoms with van der Waals surface area (Å²) >= 11 is 0. The Morgan fingerprint density at radius 3 is 2.50 bits per heavy atom. The van der Waals surface area contributed by atoms with Gasteiger partial charge in [-0.15, -0.1) is 0 Å². The van der Waals surface area contributed by atoms with E-state index in [9.17, 15) is 28.3 Å². The SMILES string of the molecule is COc1ccccc1/C(O)=C(\C#N)C(=O)Nc1cccc(C(F)(F)F)c1. The third-order valence-corrected chi connectivity index (χ3v) is 3.39. The fourth-order valence-corrected chi connectivity index (χ4v) is 2.15. The van der Waals surface area contributed by atoms with Crippen LogP contribution in [0.15, 0.2) is 54.1 Å². The van der Waals surface area contributed by atoms with Crippen LogP contribution in [0.4, 0.5) is 18.9 Å². The van der Waals surface area contributed by atoms with Crippen molar-refractivity contribution in [3.05, 3.63) is 65.2 Å². The first-order valence-electron chi connectivity index (χ1n) is 7.23. The molecule has 26 heavy (non-hydrogen) atoms. The number of anilines is 1. The predicted molar refractivity (Wildman–Crippen MR) is 88.2 cm³/mol. The molecule has 2 aromatic carbocycles. The largest absolute Gasteiger partial charge is 0.506 e. The first-order chi connectivity index (χ1) is 12.3. The summed E-state index contributed by atoms with van der Waals surface area (Å²) in [5.41, 5.74) is -1.67. The number of halogens is 3. The lowest BCUT2D eigenvalue weighted by Gasteiger charge is -2.11. The molecule has 2 aromatic rings. The number of aliphatic hydroxyl groups excluding tert-OH is 1. The summed E-state index contributed by atoms with van der Waals surface area (Å²) in [5.74, 6) is -1.46. The summed E-state index contributed by atoms with van der Waals surface area (Å²) < 4.78 is 43.3. The van der Waals surface area contributed by atoms with E-state index in [-0.39, 0.29) is 17.0 Å². The number of carbonyl (C=O) groups is 1. The van der Waals surface area contributed by atoms with Crippen LogP contribution in [0.1, 0.15) is 11.1 Å². The highest BCUT2D eigenvalue weighted by Crippen LogP contribution is 2.31. The van der Waals surface area contributed by atoms with E-state index >= 15 is 0 Å². The molecule has 0 aliphatic carbocycles. The van der Waals surface area contributed by atoms with Crippen molar-refractivity contribution in [3.63, 3.8) is 0 Å². The maximum absolute atomic E-state index is 12.7. The van der Waals surface area contributed by atoms with Gasteiger partial charge in [-0.05, 0) is 30.3 Å². The summed E-state index contributed by atoms with van der Waals surface area (Å²) in [7, 11) is 1.35. The standard InChI is InChI=1S/C18H13F3N2O3/c1-26-15-8-3-2-7-13(15)16(24)14(10-22)17(25)23-12-6-4-5-11(9-12)18(19,20)21/h2-9,24H,1H3,(H,23,25)/b16-14-. The summed E-state index contributed by atoms with van der Waals surface area (Å²) in [6.45, 7) is 0. The molecule has 2 N–H and O–H groups in total. The minimum absolute atomic E-state index is 0.103. The number of para-hydroxylation sites is 1. The fraction of sp³-hybridized carbons (Fsp3) is 0.111. The zero-order valence-electron chi connectivity index (χ0n) is 13.5. The molecule has 0 bridgehead atoms. The van der Waals surface area contributed by atoms with Gasteiger partial charge in [-0.1, -0.05) is 18.2 Å². The van der Waals surface area contributed by atoms with E-state index in [0.29, 0.717) is 0 Å². The molecule has 1 amide bonds. The first kappa shape index (κ1) is 18.9. The molecule has 8 heteroatoms. The lowest BCUT2D eigenvalue weighted by atomic mass is 10.1. The van der Waals surface area contributed by atoms with Gasteiger partial charge in [0.05, 0.1) is 18.2 Å². The molecule has 0 saturated heterocycles. The van der Waals surface area contributed by atoms with E-state index in [2.05, 4.69) is 5.32 Å². The van der Waals surface area contributed by atoms with E-state index in [4.69, 9.17) is 4.74 Å². The molecule has 0 atom stereocenters. The second-order valence-corrected chi connectivity index (χ2v) is 5.07. The number of hydrogen-bond acceptors (Lipinski definition) is 4. The minimum Gasteiger partial charge on any atom is -0.506 e. The van der Waals surface area contributed by atoms with Crippen molar-refractivity contribution in [2.45, 2.75) is 6.18 Å². The number of nitrogens with one attached hydrogen (secondary N) is 1. The topological polar surface area (TPSA) is 82.3 Å². The maximum Gasteiger partial charge on any atom is 0.416 e. The van der Waals surface area contributed by atoms with Crippen molar-refractivity contribution in [1.82, 2.24) is 0 Å². The van der Waals surface area contributed by atoms with E-state index in [1.54, 1.807) is 18.2 Å². The normalized spacial score (nSPS) is 12.0. The zero-order chi connectivity index (χ0) is 19.3. The Morgan fingerprint density at radius 2 is 1.88 bits per heavy atom. The van der Waals surface area contributed by atoms with Crippen LogP contribution >= 0.6 is 0 Å². The van der Waals surface area contributed by atoms with Crippen LogP contribution in [-0.2, 0) is 11.0 Å². The fourth-order valence-electron chi connectivity index (χ4n) is 2.15. The average molecular weight is 362 g/mol. The smallest absolute Gasteiger partial charge is 0.416 e. The molecule has 2 rings (SSSR count). The Hall–Kier alpha value is -3.47. The van der Waals surface area contributed by atoms with Gasteiger partial charge in [0.25, 0.3) is 5.91 Å². The van der Waals surface area contributed by atoms with Crippen molar-refractivity contribution in [1.29, 1.82) is 5.26 Å². The number of ether oxygens (including phenoxy) is 1. The van der Waals surface area contributed by atoms with E-state index in [1.807, 2.05) is 0 Å². The number of aliphatic hydroxyl groups is 1. The molecular formula is C18H13F3N2O3. The van der Waals surface area contributed by atoms with Gasteiger partial charge in [0.2, 0.25) is 0 Å². The van der Waals surface area contributed by atoms with Gasteiger partial charge in [0, 0.05) is 5.69 Å². The number of benzene rings is 2. The molecule has 134 valence electrons. The summed E-state index contributed by atoms with van der Waals surface area (Å²) in [4.78, 5) is 12.2. The Bertz CT molecular complexity index is 899. The summed E-state index contributed by atoms with van der Waals surface area (Å²) in [5, 5.41) is 21.6. The van der Waals surface area contributed by atoms with Gasteiger partial charge < -0.3 is 15.2 Å². The molecule has 0 aliphatic rings. The summed E-state index contributed by atoms with van der Waals surface area (Å²) in [6.07, 6.45) is -4.58. The molecule has 0 spiro atoms. The number of methoxy groups -OCH3 is 1. The Balaban J connectivity index is 2.37. The Kier molecular flexibility index (Phi) is 5.52. The quantitative estimate of drug-likeness (QED) is 0.486. The molecule has 0 heterocycles. The molecule has 0 aliphatic heterocycles. The molecule has 0 fully saturated rings. The Morgan fingerprint density at radius 1 is 1.19 bits per heavy atom. The maximum atomic E-state index is 12.7. The average Bonchev–Trinajstić information content (AvgIpc) is 2.61. The number of rotatable bonds is 4. The Labute approximate surface area is 146 Å². The number of nitriles is 1. The van der Waals surface area contributed by atoms with E-state index < -0.39 is 29.0 Å². The van der Waals surface area contributed by atoms with Gasteiger partial charge >= 0.3 is 6.18 Å². The third-order valence-electron chi connectivity index (χ3n) is 3.39. The molecular weight excluding hydrogens is 349 g/mol. The minimum atomic E-state index is -4.58. The number of amides is 1. The monoisotopic (exact) mass is 362 g/mol. The number of carbonyl (C=O) groups excluding carboxylic acids is 1. The lowest BCUT2D eigenvalue weighted by Crippen LogP contribution is -2.16. The van der Waals surface area contributed by atoms with Gasteiger partial charge in [0.1, 0.15) is 17.6 Å². The van der Waals surface area contributed by atoms with Gasteiger partial charge in [-0.3, -0.25) is 4.79 Å². The molecule has 0 radical (unpaired) electrons. The van der Waals surface area contributed by atoms with Crippen LogP contribution in [0.2, 0.25) is 0 Å². The van der Waals surface area contributed by atoms with Crippen molar-refractivity contribution in [2.75, 3.05) is 12.4 Å².